The van der Waals surface area contributed by atoms with E-state index in [0.29, 0.717) is 5.75 Å². The Hall–Kier alpha value is -4.62. The second-order valence-corrected chi connectivity index (χ2v) is 10.1. The van der Waals surface area contributed by atoms with Crippen molar-refractivity contribution >= 4 is 17.1 Å². The Balaban J connectivity index is 1.04. The number of rotatable bonds is 9. The molecule has 2 aliphatic rings. The van der Waals surface area contributed by atoms with Crippen molar-refractivity contribution in [3.05, 3.63) is 107 Å². The van der Waals surface area contributed by atoms with Gasteiger partial charge in [0.2, 0.25) is 5.79 Å². The van der Waals surface area contributed by atoms with Crippen LogP contribution in [-0.2, 0) is 21.8 Å². The lowest BCUT2D eigenvalue weighted by atomic mass is 10.0. The molecule has 2 aliphatic heterocycles. The summed E-state index contributed by atoms with van der Waals surface area (Å²) in [6.45, 7) is 3.52. The van der Waals surface area contributed by atoms with Crippen molar-refractivity contribution < 1.29 is 27.9 Å². The maximum atomic E-state index is 14.8. The summed E-state index contributed by atoms with van der Waals surface area (Å²) in [5.74, 6) is -2.34. The van der Waals surface area contributed by atoms with Crippen molar-refractivity contribution in [3.8, 4) is 5.75 Å². The fourth-order valence-corrected chi connectivity index (χ4v) is 5.23. The average Bonchev–Trinajstić information content (AvgIpc) is 3.67. The van der Waals surface area contributed by atoms with E-state index in [1.807, 2.05) is 24.3 Å². The third-order valence-corrected chi connectivity index (χ3v) is 7.38. The molecule has 6 rings (SSSR count). The van der Waals surface area contributed by atoms with Crippen LogP contribution in [0.15, 0.2) is 79.4 Å². The average molecular weight is 579 g/mol. The van der Waals surface area contributed by atoms with Crippen molar-refractivity contribution in [3.63, 3.8) is 0 Å². The van der Waals surface area contributed by atoms with Gasteiger partial charge < -0.3 is 24.0 Å². The van der Waals surface area contributed by atoms with E-state index in [4.69, 9.17) is 14.2 Å². The van der Waals surface area contributed by atoms with Gasteiger partial charge in [0.25, 0.3) is 5.69 Å². The number of nitrogens with zero attached hydrogens (tertiary/aromatic N) is 6. The van der Waals surface area contributed by atoms with E-state index in [1.54, 1.807) is 12.1 Å². The second-order valence-electron chi connectivity index (χ2n) is 10.1. The summed E-state index contributed by atoms with van der Waals surface area (Å²) in [5, 5.41) is 15.0. The lowest BCUT2D eigenvalue weighted by Crippen LogP contribution is -2.46. The molecule has 0 N–H and O–H groups in total. The first-order valence-corrected chi connectivity index (χ1v) is 13.5. The van der Waals surface area contributed by atoms with Gasteiger partial charge in [0.05, 0.1) is 11.5 Å². The Labute approximate surface area is 240 Å². The van der Waals surface area contributed by atoms with Gasteiger partial charge >= 0.3 is 0 Å². The highest BCUT2D eigenvalue weighted by Gasteiger charge is 2.46. The number of nitro benzene ring substituents is 1. The molecule has 3 heterocycles. The molecular formula is C29H28F2N6O5. The van der Waals surface area contributed by atoms with Gasteiger partial charge in [-0.1, -0.05) is 0 Å². The van der Waals surface area contributed by atoms with Crippen molar-refractivity contribution in [2.24, 2.45) is 0 Å². The number of non-ortho nitro benzene ring substituents is 1. The monoisotopic (exact) mass is 578 g/mol. The van der Waals surface area contributed by atoms with E-state index in [2.05, 4.69) is 19.9 Å². The molecule has 2 atom stereocenters. The molecule has 0 radical (unpaired) electrons. The van der Waals surface area contributed by atoms with Gasteiger partial charge in [-0.05, 0) is 48.5 Å². The molecule has 2 fully saturated rings. The Morgan fingerprint density at radius 1 is 0.976 bits per heavy atom. The largest absolute Gasteiger partial charge is 0.491 e. The van der Waals surface area contributed by atoms with Gasteiger partial charge in [-0.15, -0.1) is 0 Å². The number of piperazine rings is 1. The number of nitro groups is 1. The third kappa shape index (κ3) is 5.87. The Morgan fingerprint density at radius 2 is 1.64 bits per heavy atom. The fraction of sp³-hybridized carbons (Fsp3) is 0.310. The molecule has 1 aromatic heterocycles. The summed E-state index contributed by atoms with van der Waals surface area (Å²) in [4.78, 5) is 18.9. The van der Waals surface area contributed by atoms with Crippen LogP contribution in [0.4, 0.5) is 25.8 Å². The van der Waals surface area contributed by atoms with Gasteiger partial charge in [0.15, 0.2) is 0 Å². The number of hydrogen-bond acceptors (Lipinski definition) is 9. The van der Waals surface area contributed by atoms with Gasteiger partial charge in [0.1, 0.15) is 49.3 Å². The molecule has 2 saturated heterocycles. The third-order valence-electron chi connectivity index (χ3n) is 7.38. The van der Waals surface area contributed by atoms with E-state index in [9.17, 15) is 18.9 Å². The van der Waals surface area contributed by atoms with Crippen LogP contribution in [-0.4, -0.2) is 65.2 Å². The van der Waals surface area contributed by atoms with Gasteiger partial charge in [0, 0.05) is 61.3 Å². The van der Waals surface area contributed by atoms with E-state index in [0.717, 1.165) is 49.7 Å². The number of ether oxygens (including phenoxy) is 3. The highest BCUT2D eigenvalue weighted by atomic mass is 19.1. The minimum atomic E-state index is -1.51. The quantitative estimate of drug-likeness (QED) is 0.214. The molecule has 0 amide bonds. The van der Waals surface area contributed by atoms with Crippen LogP contribution in [0.25, 0.3) is 0 Å². The van der Waals surface area contributed by atoms with Crippen LogP contribution < -0.4 is 14.5 Å². The molecule has 0 bridgehead atoms. The zero-order valence-corrected chi connectivity index (χ0v) is 22.5. The Morgan fingerprint density at radius 3 is 2.24 bits per heavy atom. The van der Waals surface area contributed by atoms with Crippen molar-refractivity contribution in [2.45, 2.75) is 18.4 Å². The second kappa shape index (κ2) is 11.7. The molecule has 13 heteroatoms. The molecule has 4 aromatic rings. The molecule has 42 heavy (non-hydrogen) atoms. The lowest BCUT2D eigenvalue weighted by molar-refractivity contribution is -0.384. The summed E-state index contributed by atoms with van der Waals surface area (Å²) in [7, 11) is 0. The molecule has 218 valence electrons. The van der Waals surface area contributed by atoms with Crippen LogP contribution in [0, 0.1) is 21.7 Å². The fourth-order valence-electron chi connectivity index (χ4n) is 5.23. The highest BCUT2D eigenvalue weighted by Crippen LogP contribution is 2.38. The molecule has 0 aliphatic carbocycles. The number of anilines is 2. The van der Waals surface area contributed by atoms with Crippen LogP contribution in [0.2, 0.25) is 0 Å². The van der Waals surface area contributed by atoms with Gasteiger partial charge in [-0.2, -0.15) is 5.10 Å². The molecule has 3 aromatic carbocycles. The number of aromatic nitrogens is 3. The number of benzene rings is 3. The maximum Gasteiger partial charge on any atom is 0.269 e. The van der Waals surface area contributed by atoms with Crippen LogP contribution in [0.1, 0.15) is 5.56 Å². The predicted octanol–water partition coefficient (Wildman–Crippen LogP) is 4.14. The standard InChI is InChI=1S/C29H28F2N6O5/c30-21-1-10-27(28(31)15-21)29(18-36-20-32-19-33-36)41-17-26(42-29)16-40-25-8-6-23(7-9-25)35-13-11-34(12-14-35)22-2-4-24(5-3-22)37(38)39/h1-10,15,19-20,26H,11-14,16-18H2. The predicted molar refractivity (Wildman–Crippen MR) is 148 cm³/mol. The minimum Gasteiger partial charge on any atom is -0.491 e. The Bertz CT molecular complexity index is 1510. The zero-order chi connectivity index (χ0) is 29.1. The summed E-state index contributed by atoms with van der Waals surface area (Å²) in [5.41, 5.74) is 2.18. The highest BCUT2D eigenvalue weighted by molar-refractivity contribution is 5.54. The van der Waals surface area contributed by atoms with Crippen LogP contribution in [0.3, 0.4) is 0 Å². The first kappa shape index (κ1) is 27.5. The molecule has 2 unspecified atom stereocenters. The molecular weight excluding hydrogens is 550 g/mol. The summed E-state index contributed by atoms with van der Waals surface area (Å²) < 4.78 is 48.0. The smallest absolute Gasteiger partial charge is 0.269 e. The van der Waals surface area contributed by atoms with Crippen LogP contribution in [0.5, 0.6) is 5.75 Å². The molecule has 0 saturated carbocycles. The van der Waals surface area contributed by atoms with Crippen molar-refractivity contribution in [1.82, 2.24) is 14.8 Å². The SMILES string of the molecule is O=[N+]([O-])c1ccc(N2CCN(c3ccc(OCC4COC(Cn5cncn5)(c5ccc(F)cc5F)O4)cc3)CC2)cc1. The van der Waals surface area contributed by atoms with Crippen LogP contribution >= 0.6 is 0 Å². The zero-order valence-electron chi connectivity index (χ0n) is 22.5. The summed E-state index contributed by atoms with van der Waals surface area (Å²) in [6.07, 6.45) is 2.31. The number of halogens is 2. The first-order valence-electron chi connectivity index (χ1n) is 13.5. The lowest BCUT2D eigenvalue weighted by Gasteiger charge is -2.37. The normalized spacial score (nSPS) is 20.6. The van der Waals surface area contributed by atoms with E-state index in [1.165, 1.54) is 35.5 Å². The van der Waals surface area contributed by atoms with Gasteiger partial charge in [-0.3, -0.25) is 10.1 Å². The molecule has 11 nitrogen and oxygen atoms in total. The molecule has 0 spiro atoms. The summed E-state index contributed by atoms with van der Waals surface area (Å²) in [6, 6.07) is 17.7. The summed E-state index contributed by atoms with van der Waals surface area (Å²) >= 11 is 0. The van der Waals surface area contributed by atoms with E-state index >= 15 is 0 Å². The number of hydrogen-bond donors (Lipinski definition) is 0. The van der Waals surface area contributed by atoms with Gasteiger partial charge in [-0.25, -0.2) is 18.4 Å². The minimum absolute atomic E-state index is 0.0260. The van der Waals surface area contributed by atoms with E-state index in [-0.39, 0.29) is 31.0 Å². The maximum absolute atomic E-state index is 14.8. The Kier molecular flexibility index (Phi) is 7.68. The van der Waals surface area contributed by atoms with E-state index < -0.39 is 28.4 Å². The topological polar surface area (TPSA) is 108 Å². The van der Waals surface area contributed by atoms with Crippen molar-refractivity contribution in [1.29, 1.82) is 0 Å². The van der Waals surface area contributed by atoms with Crippen molar-refractivity contribution in [2.75, 3.05) is 49.2 Å². The first-order chi connectivity index (χ1) is 20.4.